The van der Waals surface area contributed by atoms with Gasteiger partial charge in [0.15, 0.2) is 0 Å². The van der Waals surface area contributed by atoms with Crippen LogP contribution < -0.4 is 4.74 Å². The molecule has 4 rings (SSSR count). The Bertz CT molecular complexity index is 847. The van der Waals surface area contributed by atoms with Crippen LogP contribution in [0.1, 0.15) is 36.8 Å². The molecule has 2 aliphatic rings. The van der Waals surface area contributed by atoms with Crippen molar-refractivity contribution in [1.29, 1.82) is 0 Å². The Balaban J connectivity index is 1.38. The standard InChI is InChI=1S/C24H29FN2O2/c1-29-22-8-7-21(25)15-20(22)17-26-13-11-24(12-14-26)10-9-23(28)27(18-24)16-19-5-3-2-4-6-19/h2-8,15H,9-14,16-18H2,1H3. The maximum absolute atomic E-state index is 13.7. The van der Waals surface area contributed by atoms with Crippen molar-refractivity contribution in [3.63, 3.8) is 0 Å². The smallest absolute Gasteiger partial charge is 0.222 e. The average Bonchev–Trinajstić information content (AvgIpc) is 2.74. The van der Waals surface area contributed by atoms with Crippen LogP contribution in [0.15, 0.2) is 48.5 Å². The predicted octanol–water partition coefficient (Wildman–Crippen LogP) is 4.24. The summed E-state index contributed by atoms with van der Waals surface area (Å²) in [7, 11) is 1.63. The molecule has 1 spiro atoms. The van der Waals surface area contributed by atoms with Gasteiger partial charge in [0.25, 0.3) is 0 Å². The van der Waals surface area contributed by atoms with Gasteiger partial charge in [0.05, 0.1) is 7.11 Å². The number of likely N-dealkylation sites (tertiary alicyclic amines) is 2. The number of piperidine rings is 2. The SMILES string of the molecule is COc1ccc(F)cc1CN1CCC2(CCC(=O)N(Cc3ccccc3)C2)CC1. The molecule has 2 aliphatic heterocycles. The van der Waals surface area contributed by atoms with Crippen LogP contribution in [0.3, 0.4) is 0 Å². The summed E-state index contributed by atoms with van der Waals surface area (Å²) in [5.41, 5.74) is 2.30. The van der Waals surface area contributed by atoms with Crippen LogP contribution in [-0.4, -0.2) is 42.5 Å². The van der Waals surface area contributed by atoms with Gasteiger partial charge in [0.2, 0.25) is 5.91 Å². The molecule has 0 aliphatic carbocycles. The number of amides is 1. The molecule has 1 amide bonds. The molecule has 0 unspecified atom stereocenters. The van der Waals surface area contributed by atoms with Gasteiger partial charge in [-0.2, -0.15) is 0 Å². The van der Waals surface area contributed by atoms with Crippen LogP contribution in [0.25, 0.3) is 0 Å². The molecule has 2 aromatic carbocycles. The molecule has 2 saturated heterocycles. The quantitative estimate of drug-likeness (QED) is 0.758. The van der Waals surface area contributed by atoms with E-state index in [2.05, 4.69) is 17.0 Å². The Kier molecular flexibility index (Phi) is 5.86. The summed E-state index contributed by atoms with van der Waals surface area (Å²) >= 11 is 0. The van der Waals surface area contributed by atoms with Crippen LogP contribution in [0.2, 0.25) is 0 Å². The van der Waals surface area contributed by atoms with Gasteiger partial charge in [0, 0.05) is 31.6 Å². The summed E-state index contributed by atoms with van der Waals surface area (Å²) in [6.07, 6.45) is 3.77. The lowest BCUT2D eigenvalue weighted by atomic mass is 9.72. The van der Waals surface area contributed by atoms with Crippen molar-refractivity contribution < 1.29 is 13.9 Å². The van der Waals surface area contributed by atoms with Crippen molar-refractivity contribution in [2.24, 2.45) is 5.41 Å². The zero-order valence-corrected chi connectivity index (χ0v) is 17.1. The van der Waals surface area contributed by atoms with Gasteiger partial charge >= 0.3 is 0 Å². The van der Waals surface area contributed by atoms with Gasteiger partial charge in [0.1, 0.15) is 11.6 Å². The number of hydrogen-bond donors (Lipinski definition) is 0. The van der Waals surface area contributed by atoms with Gasteiger partial charge in [-0.05, 0) is 61.5 Å². The van der Waals surface area contributed by atoms with Crippen molar-refractivity contribution in [3.8, 4) is 5.75 Å². The van der Waals surface area contributed by atoms with Gasteiger partial charge in [-0.1, -0.05) is 30.3 Å². The first-order chi connectivity index (χ1) is 14.1. The average molecular weight is 397 g/mol. The molecule has 154 valence electrons. The molecule has 2 heterocycles. The number of carbonyl (C=O) groups is 1. The molecule has 0 bridgehead atoms. The fraction of sp³-hybridized carbons (Fsp3) is 0.458. The van der Waals surface area contributed by atoms with Gasteiger partial charge < -0.3 is 9.64 Å². The number of carbonyl (C=O) groups excluding carboxylic acids is 1. The van der Waals surface area contributed by atoms with E-state index >= 15 is 0 Å². The molecule has 0 radical (unpaired) electrons. The van der Waals surface area contributed by atoms with Crippen molar-refractivity contribution in [3.05, 3.63) is 65.5 Å². The highest BCUT2D eigenvalue weighted by atomic mass is 19.1. The molecule has 0 aromatic heterocycles. The molecule has 29 heavy (non-hydrogen) atoms. The topological polar surface area (TPSA) is 32.8 Å². The maximum Gasteiger partial charge on any atom is 0.222 e. The zero-order valence-electron chi connectivity index (χ0n) is 17.1. The Morgan fingerprint density at radius 3 is 2.52 bits per heavy atom. The highest BCUT2D eigenvalue weighted by Crippen LogP contribution is 2.41. The van der Waals surface area contributed by atoms with Crippen LogP contribution >= 0.6 is 0 Å². The third-order valence-corrected chi connectivity index (χ3v) is 6.52. The fourth-order valence-corrected chi connectivity index (χ4v) is 4.76. The minimum atomic E-state index is -0.225. The minimum Gasteiger partial charge on any atom is -0.496 e. The van der Waals surface area contributed by atoms with Crippen molar-refractivity contribution in [2.75, 3.05) is 26.7 Å². The van der Waals surface area contributed by atoms with E-state index in [9.17, 15) is 9.18 Å². The number of benzene rings is 2. The minimum absolute atomic E-state index is 0.214. The lowest BCUT2D eigenvalue weighted by Gasteiger charge is -2.47. The van der Waals surface area contributed by atoms with E-state index in [-0.39, 0.29) is 17.1 Å². The summed E-state index contributed by atoms with van der Waals surface area (Å²) in [5, 5.41) is 0. The first-order valence-electron chi connectivity index (χ1n) is 10.4. The molecular weight excluding hydrogens is 367 g/mol. The second-order valence-corrected chi connectivity index (χ2v) is 8.47. The molecule has 0 saturated carbocycles. The summed E-state index contributed by atoms with van der Waals surface area (Å²) < 4.78 is 19.1. The molecule has 2 fully saturated rings. The second-order valence-electron chi connectivity index (χ2n) is 8.47. The number of halogens is 1. The summed E-state index contributed by atoms with van der Waals surface area (Å²) in [4.78, 5) is 16.9. The fourth-order valence-electron chi connectivity index (χ4n) is 4.76. The normalized spacial score (nSPS) is 19.5. The highest BCUT2D eigenvalue weighted by molar-refractivity contribution is 5.77. The van der Waals surface area contributed by atoms with Crippen molar-refractivity contribution in [1.82, 2.24) is 9.80 Å². The largest absolute Gasteiger partial charge is 0.496 e. The third-order valence-electron chi connectivity index (χ3n) is 6.52. The predicted molar refractivity (Wildman–Crippen MR) is 111 cm³/mol. The maximum atomic E-state index is 13.7. The number of hydrogen-bond acceptors (Lipinski definition) is 3. The molecule has 0 N–H and O–H groups in total. The summed E-state index contributed by atoms with van der Waals surface area (Å²) in [5.74, 6) is 0.784. The van der Waals surface area contributed by atoms with Crippen LogP contribution in [0, 0.1) is 11.2 Å². The Labute approximate surface area is 172 Å². The van der Waals surface area contributed by atoms with E-state index in [0.29, 0.717) is 19.5 Å². The van der Waals surface area contributed by atoms with Crippen LogP contribution in [-0.2, 0) is 17.9 Å². The van der Waals surface area contributed by atoms with E-state index in [1.807, 2.05) is 23.1 Å². The van der Waals surface area contributed by atoms with E-state index in [4.69, 9.17) is 4.74 Å². The first kappa shape index (κ1) is 19.9. The third kappa shape index (κ3) is 4.61. The molecule has 5 heteroatoms. The van der Waals surface area contributed by atoms with Crippen molar-refractivity contribution >= 4 is 5.91 Å². The van der Waals surface area contributed by atoms with Crippen molar-refractivity contribution in [2.45, 2.75) is 38.8 Å². The number of rotatable bonds is 5. The van der Waals surface area contributed by atoms with Gasteiger partial charge in [-0.25, -0.2) is 4.39 Å². The number of ether oxygens (including phenoxy) is 1. The Morgan fingerprint density at radius 2 is 1.79 bits per heavy atom. The van der Waals surface area contributed by atoms with Crippen LogP contribution in [0.5, 0.6) is 5.75 Å². The van der Waals surface area contributed by atoms with Gasteiger partial charge in [-0.15, -0.1) is 0 Å². The number of methoxy groups -OCH3 is 1. The lowest BCUT2D eigenvalue weighted by Crippen LogP contribution is -2.51. The molecule has 2 aromatic rings. The van der Waals surface area contributed by atoms with E-state index in [1.165, 1.54) is 11.6 Å². The van der Waals surface area contributed by atoms with Crippen LogP contribution in [0.4, 0.5) is 4.39 Å². The number of nitrogens with zero attached hydrogens (tertiary/aromatic N) is 2. The zero-order chi connectivity index (χ0) is 20.3. The monoisotopic (exact) mass is 396 g/mol. The van der Waals surface area contributed by atoms with E-state index < -0.39 is 0 Å². The van der Waals surface area contributed by atoms with E-state index in [0.717, 1.165) is 50.2 Å². The molecule has 4 nitrogen and oxygen atoms in total. The Morgan fingerprint density at radius 1 is 1.03 bits per heavy atom. The Hall–Kier alpha value is -2.40. The lowest BCUT2D eigenvalue weighted by molar-refractivity contribution is -0.140. The highest BCUT2D eigenvalue weighted by Gasteiger charge is 2.40. The first-order valence-corrected chi connectivity index (χ1v) is 10.4. The summed E-state index contributed by atoms with van der Waals surface area (Å²) in [6.45, 7) is 4.17. The van der Waals surface area contributed by atoms with E-state index in [1.54, 1.807) is 19.2 Å². The van der Waals surface area contributed by atoms with Gasteiger partial charge in [-0.3, -0.25) is 9.69 Å². The molecular formula is C24H29FN2O2. The second kappa shape index (κ2) is 8.54. The summed E-state index contributed by atoms with van der Waals surface area (Å²) in [6, 6.07) is 14.9. The molecule has 0 atom stereocenters.